The largest absolute Gasteiger partial charge is 0.357 e. The first-order chi connectivity index (χ1) is 10.4. The summed E-state index contributed by atoms with van der Waals surface area (Å²) >= 11 is 0. The Balaban J connectivity index is 0.00000264. The average Bonchev–Trinajstić information content (AvgIpc) is 2.79. The van der Waals surface area contributed by atoms with Crippen molar-refractivity contribution < 1.29 is 12.8 Å². The van der Waals surface area contributed by atoms with Crippen LogP contribution in [-0.4, -0.2) is 38.5 Å². The number of nitrogens with zero attached hydrogens (tertiary/aromatic N) is 1. The van der Waals surface area contributed by atoms with Gasteiger partial charge in [0.2, 0.25) is 0 Å². The summed E-state index contributed by atoms with van der Waals surface area (Å²) in [5.41, 5.74) is 1.50. The predicted molar refractivity (Wildman–Crippen MR) is 102 cm³/mol. The lowest BCUT2D eigenvalue weighted by Crippen LogP contribution is -2.44. The lowest BCUT2D eigenvalue weighted by molar-refractivity contribution is 0.599. The van der Waals surface area contributed by atoms with Crippen molar-refractivity contribution in [3.8, 4) is 0 Å². The van der Waals surface area contributed by atoms with Crippen molar-refractivity contribution in [1.29, 1.82) is 0 Å². The van der Waals surface area contributed by atoms with E-state index in [1.807, 2.05) is 6.92 Å². The van der Waals surface area contributed by atoms with Gasteiger partial charge in [0.15, 0.2) is 15.8 Å². The van der Waals surface area contributed by atoms with Gasteiger partial charge in [-0.3, -0.25) is 0 Å². The highest BCUT2D eigenvalue weighted by Gasteiger charge is 2.28. The van der Waals surface area contributed by atoms with Crippen LogP contribution in [0.4, 0.5) is 4.39 Å². The Morgan fingerprint density at radius 3 is 2.74 bits per heavy atom. The minimum Gasteiger partial charge on any atom is -0.357 e. The maximum absolute atomic E-state index is 13.2. The van der Waals surface area contributed by atoms with Crippen LogP contribution >= 0.6 is 24.0 Å². The van der Waals surface area contributed by atoms with Crippen LogP contribution in [0, 0.1) is 12.7 Å². The van der Waals surface area contributed by atoms with Crippen LogP contribution < -0.4 is 10.6 Å². The fourth-order valence-corrected chi connectivity index (χ4v) is 4.07. The second-order valence-electron chi connectivity index (χ2n) is 5.52. The topological polar surface area (TPSA) is 70.6 Å². The Morgan fingerprint density at radius 1 is 1.43 bits per heavy atom. The van der Waals surface area contributed by atoms with E-state index >= 15 is 0 Å². The molecule has 1 heterocycles. The monoisotopic (exact) mass is 455 g/mol. The zero-order valence-electron chi connectivity index (χ0n) is 13.3. The molecule has 8 heteroatoms. The smallest absolute Gasteiger partial charge is 0.191 e. The maximum Gasteiger partial charge on any atom is 0.191 e. The molecule has 0 radical (unpaired) electrons. The van der Waals surface area contributed by atoms with E-state index in [1.165, 1.54) is 6.07 Å². The Kier molecular flexibility index (Phi) is 7.72. The molecule has 2 rings (SSSR count). The molecule has 0 aliphatic carbocycles. The number of sulfone groups is 1. The number of hydrogen-bond acceptors (Lipinski definition) is 3. The van der Waals surface area contributed by atoms with Gasteiger partial charge < -0.3 is 10.6 Å². The lowest BCUT2D eigenvalue weighted by Gasteiger charge is -2.15. The first-order valence-electron chi connectivity index (χ1n) is 7.40. The van der Waals surface area contributed by atoms with E-state index in [9.17, 15) is 12.8 Å². The highest BCUT2D eigenvalue weighted by molar-refractivity contribution is 14.0. The molecular formula is C15H23FIN3O2S. The number of hydrogen-bond donors (Lipinski definition) is 2. The Morgan fingerprint density at radius 2 is 2.17 bits per heavy atom. The molecule has 0 saturated carbocycles. The molecule has 130 valence electrons. The molecule has 1 atom stereocenters. The molecule has 1 aliphatic heterocycles. The van der Waals surface area contributed by atoms with Gasteiger partial charge in [0.05, 0.1) is 18.1 Å². The van der Waals surface area contributed by atoms with E-state index in [4.69, 9.17) is 0 Å². The Bertz CT molecular complexity index is 665. The summed E-state index contributed by atoms with van der Waals surface area (Å²) in [5.74, 6) is 0.731. The molecule has 1 saturated heterocycles. The fraction of sp³-hybridized carbons (Fsp3) is 0.533. The summed E-state index contributed by atoms with van der Waals surface area (Å²) in [6, 6.07) is 4.81. The van der Waals surface area contributed by atoms with E-state index in [0.717, 1.165) is 5.56 Å². The van der Waals surface area contributed by atoms with Crippen LogP contribution in [0.25, 0.3) is 0 Å². The first-order valence-corrected chi connectivity index (χ1v) is 9.22. The van der Waals surface area contributed by atoms with Crippen molar-refractivity contribution in [2.75, 3.05) is 18.1 Å². The number of aliphatic imine (C=N–C) groups is 1. The zero-order valence-corrected chi connectivity index (χ0v) is 16.4. The second kappa shape index (κ2) is 8.81. The summed E-state index contributed by atoms with van der Waals surface area (Å²) in [4.78, 5) is 4.44. The number of nitrogens with one attached hydrogen (secondary N) is 2. The maximum atomic E-state index is 13.2. The fourth-order valence-electron chi connectivity index (χ4n) is 2.40. The van der Waals surface area contributed by atoms with E-state index in [1.54, 1.807) is 19.1 Å². The summed E-state index contributed by atoms with van der Waals surface area (Å²) in [6.45, 7) is 4.77. The molecule has 1 unspecified atom stereocenters. The number of guanidine groups is 1. The molecule has 0 bridgehead atoms. The molecule has 0 amide bonds. The third-order valence-corrected chi connectivity index (χ3v) is 5.33. The van der Waals surface area contributed by atoms with Crippen molar-refractivity contribution in [1.82, 2.24) is 10.6 Å². The number of benzene rings is 1. The van der Waals surface area contributed by atoms with Gasteiger partial charge in [0.1, 0.15) is 5.82 Å². The average molecular weight is 455 g/mol. The quantitative estimate of drug-likeness (QED) is 0.414. The van der Waals surface area contributed by atoms with Crippen LogP contribution in [0.5, 0.6) is 0 Å². The van der Waals surface area contributed by atoms with Crippen LogP contribution in [0.2, 0.25) is 0 Å². The molecule has 5 nitrogen and oxygen atoms in total. The molecule has 1 fully saturated rings. The number of rotatable bonds is 4. The molecule has 0 spiro atoms. The van der Waals surface area contributed by atoms with Gasteiger partial charge in [-0.15, -0.1) is 24.0 Å². The van der Waals surface area contributed by atoms with Crippen LogP contribution in [-0.2, 0) is 16.4 Å². The SMILES string of the molecule is CCNC(=NCc1ccc(F)c(C)c1)NC1CCS(=O)(=O)C1.I. The zero-order chi connectivity index (χ0) is 16.2. The normalized spacial score (nSPS) is 20.0. The van der Waals surface area contributed by atoms with Gasteiger partial charge in [-0.25, -0.2) is 17.8 Å². The van der Waals surface area contributed by atoms with Gasteiger partial charge in [-0.2, -0.15) is 0 Å². The summed E-state index contributed by atoms with van der Waals surface area (Å²) in [6.07, 6.45) is 0.600. The minimum absolute atomic E-state index is 0. The molecule has 23 heavy (non-hydrogen) atoms. The molecule has 2 N–H and O–H groups in total. The molecule has 1 aromatic rings. The summed E-state index contributed by atoms with van der Waals surface area (Å²) in [7, 11) is -2.92. The number of aryl methyl sites for hydroxylation is 1. The molecular weight excluding hydrogens is 432 g/mol. The van der Waals surface area contributed by atoms with Gasteiger partial charge in [0, 0.05) is 12.6 Å². The lowest BCUT2D eigenvalue weighted by atomic mass is 10.1. The third-order valence-electron chi connectivity index (χ3n) is 3.56. The van der Waals surface area contributed by atoms with Crippen molar-refractivity contribution in [3.63, 3.8) is 0 Å². The number of halogens is 2. The third kappa shape index (κ3) is 6.25. The van der Waals surface area contributed by atoms with E-state index in [0.29, 0.717) is 31.0 Å². The highest BCUT2D eigenvalue weighted by Crippen LogP contribution is 2.12. The van der Waals surface area contributed by atoms with Gasteiger partial charge in [-0.05, 0) is 37.5 Å². The Labute approximate surface area is 154 Å². The van der Waals surface area contributed by atoms with E-state index < -0.39 is 9.84 Å². The van der Waals surface area contributed by atoms with Crippen molar-refractivity contribution in [3.05, 3.63) is 35.1 Å². The van der Waals surface area contributed by atoms with Crippen LogP contribution in [0.15, 0.2) is 23.2 Å². The molecule has 1 aromatic carbocycles. The highest BCUT2D eigenvalue weighted by atomic mass is 127. The van der Waals surface area contributed by atoms with Crippen molar-refractivity contribution >= 4 is 39.8 Å². The van der Waals surface area contributed by atoms with Gasteiger partial charge in [0.25, 0.3) is 0 Å². The molecule has 1 aliphatic rings. The van der Waals surface area contributed by atoms with Gasteiger partial charge in [-0.1, -0.05) is 12.1 Å². The van der Waals surface area contributed by atoms with Crippen molar-refractivity contribution in [2.45, 2.75) is 32.9 Å². The standard InChI is InChI=1S/C15H22FN3O2S.HI/c1-3-17-15(19-13-6-7-22(20,21)10-13)18-9-12-4-5-14(16)11(2)8-12;/h4-5,8,13H,3,6-7,9-10H2,1-2H3,(H2,17,18,19);1H. The van der Waals surface area contributed by atoms with E-state index in [2.05, 4.69) is 15.6 Å². The predicted octanol–water partition coefficient (Wildman–Crippen LogP) is 1.99. The van der Waals surface area contributed by atoms with Crippen LogP contribution in [0.3, 0.4) is 0 Å². The van der Waals surface area contributed by atoms with E-state index in [-0.39, 0.29) is 47.3 Å². The first kappa shape index (κ1) is 20.1. The minimum atomic E-state index is -2.92. The second-order valence-corrected chi connectivity index (χ2v) is 7.75. The van der Waals surface area contributed by atoms with Crippen molar-refractivity contribution in [2.24, 2.45) is 4.99 Å². The van der Waals surface area contributed by atoms with Gasteiger partial charge >= 0.3 is 0 Å². The molecule has 0 aromatic heterocycles. The Hall–Kier alpha value is -0.900. The summed E-state index contributed by atoms with van der Waals surface area (Å²) in [5, 5.41) is 6.26. The van der Waals surface area contributed by atoms with Crippen LogP contribution in [0.1, 0.15) is 24.5 Å². The summed E-state index contributed by atoms with van der Waals surface area (Å²) < 4.78 is 36.2.